The number of carbonyl (C=O) groups excluding carboxylic acids is 2. The van der Waals surface area contributed by atoms with E-state index < -0.39 is 0 Å². The van der Waals surface area contributed by atoms with Gasteiger partial charge in [0.15, 0.2) is 0 Å². The highest BCUT2D eigenvalue weighted by molar-refractivity contribution is 6.05. The van der Waals surface area contributed by atoms with E-state index in [2.05, 4.69) is 10.6 Å². The predicted molar refractivity (Wildman–Crippen MR) is 134 cm³/mol. The first kappa shape index (κ1) is 21.6. The molecule has 0 atom stereocenters. The first-order valence-electron chi connectivity index (χ1n) is 10.4. The second-order valence-electron chi connectivity index (χ2n) is 7.76. The minimum Gasteiger partial charge on any atom is -0.399 e. The van der Waals surface area contributed by atoms with Gasteiger partial charge in [-0.05, 0) is 84.3 Å². The number of hydrogen-bond donors (Lipinski definition) is 4. The molecule has 0 unspecified atom stereocenters. The molecule has 6 N–H and O–H groups in total. The molecule has 0 heterocycles. The Balaban J connectivity index is 1.40. The monoisotopic (exact) mass is 436 g/mol. The van der Waals surface area contributed by atoms with Crippen LogP contribution in [-0.2, 0) is 0 Å². The third-order valence-electron chi connectivity index (χ3n) is 5.30. The van der Waals surface area contributed by atoms with Gasteiger partial charge in [-0.2, -0.15) is 0 Å². The largest absolute Gasteiger partial charge is 0.399 e. The van der Waals surface area contributed by atoms with E-state index in [0.717, 1.165) is 16.7 Å². The lowest BCUT2D eigenvalue weighted by molar-refractivity contribution is 0.101. The van der Waals surface area contributed by atoms with Gasteiger partial charge in [-0.15, -0.1) is 0 Å². The number of aryl methyl sites for hydroxylation is 1. The summed E-state index contributed by atoms with van der Waals surface area (Å²) in [6.45, 7) is 1.87. The van der Waals surface area contributed by atoms with Crippen LogP contribution in [0.2, 0.25) is 0 Å². The number of amides is 2. The van der Waals surface area contributed by atoms with E-state index in [1.54, 1.807) is 42.5 Å². The van der Waals surface area contributed by atoms with Crippen LogP contribution in [0.15, 0.2) is 91.0 Å². The SMILES string of the molecule is Cc1cc(C(=O)Nc2ccc(-c3ccc(NC(=O)c4cccc(N)c4)cc3)cc2)ccc1N. The molecule has 0 radical (unpaired) electrons. The first-order chi connectivity index (χ1) is 15.9. The lowest BCUT2D eigenvalue weighted by Gasteiger charge is -2.09. The quantitative estimate of drug-likeness (QED) is 0.317. The van der Waals surface area contributed by atoms with Crippen LogP contribution < -0.4 is 22.1 Å². The molecule has 4 aromatic carbocycles. The third-order valence-corrected chi connectivity index (χ3v) is 5.30. The second-order valence-corrected chi connectivity index (χ2v) is 7.76. The highest BCUT2D eigenvalue weighted by Crippen LogP contribution is 2.24. The van der Waals surface area contributed by atoms with Crippen molar-refractivity contribution in [1.29, 1.82) is 0 Å². The van der Waals surface area contributed by atoms with Crippen molar-refractivity contribution >= 4 is 34.6 Å². The second kappa shape index (κ2) is 9.28. The summed E-state index contributed by atoms with van der Waals surface area (Å²) in [6.07, 6.45) is 0. The van der Waals surface area contributed by atoms with Gasteiger partial charge in [0, 0.05) is 33.9 Å². The molecule has 0 aliphatic rings. The Kier molecular flexibility index (Phi) is 6.09. The minimum absolute atomic E-state index is 0.189. The topological polar surface area (TPSA) is 110 Å². The number of carbonyl (C=O) groups is 2. The number of hydrogen-bond acceptors (Lipinski definition) is 4. The van der Waals surface area contributed by atoms with Crippen LogP contribution in [0.25, 0.3) is 11.1 Å². The zero-order chi connectivity index (χ0) is 23.4. The molecule has 0 spiro atoms. The summed E-state index contributed by atoms with van der Waals surface area (Å²) in [5.74, 6) is -0.405. The normalized spacial score (nSPS) is 10.5. The summed E-state index contributed by atoms with van der Waals surface area (Å²) in [7, 11) is 0. The Morgan fingerprint density at radius 1 is 0.636 bits per heavy atom. The Bertz CT molecular complexity index is 1310. The molecule has 2 amide bonds. The van der Waals surface area contributed by atoms with Gasteiger partial charge >= 0.3 is 0 Å². The highest BCUT2D eigenvalue weighted by Gasteiger charge is 2.09. The van der Waals surface area contributed by atoms with Crippen molar-refractivity contribution in [1.82, 2.24) is 0 Å². The van der Waals surface area contributed by atoms with Gasteiger partial charge in [-0.3, -0.25) is 9.59 Å². The summed E-state index contributed by atoms with van der Waals surface area (Å²) in [5, 5.41) is 5.77. The minimum atomic E-state index is -0.216. The van der Waals surface area contributed by atoms with Crippen LogP contribution in [0, 0.1) is 6.92 Å². The van der Waals surface area contributed by atoms with Gasteiger partial charge in [-0.25, -0.2) is 0 Å². The van der Waals surface area contributed by atoms with E-state index >= 15 is 0 Å². The Labute approximate surface area is 192 Å². The third kappa shape index (κ3) is 5.19. The Hall–Kier alpha value is -4.58. The summed E-state index contributed by atoms with van der Waals surface area (Å²) in [6, 6.07) is 27.2. The molecule has 0 saturated heterocycles. The van der Waals surface area contributed by atoms with Crippen molar-refractivity contribution in [3.63, 3.8) is 0 Å². The van der Waals surface area contributed by atoms with E-state index in [-0.39, 0.29) is 11.8 Å². The molecule has 0 aliphatic heterocycles. The molecular formula is C27H24N4O2. The molecule has 4 aromatic rings. The molecule has 33 heavy (non-hydrogen) atoms. The van der Waals surface area contributed by atoms with E-state index in [0.29, 0.717) is 33.9 Å². The van der Waals surface area contributed by atoms with Crippen molar-refractivity contribution in [2.45, 2.75) is 6.92 Å². The van der Waals surface area contributed by atoms with Gasteiger partial charge in [0.1, 0.15) is 0 Å². The lowest BCUT2D eigenvalue weighted by Crippen LogP contribution is -2.12. The summed E-state index contributed by atoms with van der Waals surface area (Å²) in [4.78, 5) is 24.9. The fraction of sp³-hybridized carbons (Fsp3) is 0.0370. The van der Waals surface area contributed by atoms with Gasteiger partial charge in [-0.1, -0.05) is 30.3 Å². The maximum atomic E-state index is 12.5. The van der Waals surface area contributed by atoms with E-state index in [1.807, 2.05) is 55.5 Å². The fourth-order valence-corrected chi connectivity index (χ4v) is 3.40. The summed E-state index contributed by atoms with van der Waals surface area (Å²) < 4.78 is 0. The van der Waals surface area contributed by atoms with Crippen molar-refractivity contribution in [3.05, 3.63) is 108 Å². The maximum absolute atomic E-state index is 12.5. The van der Waals surface area contributed by atoms with Gasteiger partial charge in [0.2, 0.25) is 0 Å². The Morgan fingerprint density at radius 3 is 1.64 bits per heavy atom. The number of rotatable bonds is 5. The highest BCUT2D eigenvalue weighted by atomic mass is 16.2. The van der Waals surface area contributed by atoms with E-state index in [1.165, 1.54) is 0 Å². The van der Waals surface area contributed by atoms with Crippen LogP contribution in [0.4, 0.5) is 22.7 Å². The zero-order valence-electron chi connectivity index (χ0n) is 18.1. The van der Waals surface area contributed by atoms with Crippen molar-refractivity contribution in [3.8, 4) is 11.1 Å². The number of nitrogen functional groups attached to an aromatic ring is 2. The van der Waals surface area contributed by atoms with Crippen LogP contribution in [0.5, 0.6) is 0 Å². The fourth-order valence-electron chi connectivity index (χ4n) is 3.40. The predicted octanol–water partition coefficient (Wildman–Crippen LogP) is 5.33. The number of benzene rings is 4. The van der Waals surface area contributed by atoms with Crippen LogP contribution in [0.3, 0.4) is 0 Å². The maximum Gasteiger partial charge on any atom is 0.255 e. The van der Waals surface area contributed by atoms with Crippen molar-refractivity contribution in [2.75, 3.05) is 22.1 Å². The van der Waals surface area contributed by atoms with Gasteiger partial charge < -0.3 is 22.1 Å². The smallest absolute Gasteiger partial charge is 0.255 e. The van der Waals surface area contributed by atoms with Gasteiger partial charge in [0.05, 0.1) is 0 Å². The standard InChI is InChI=1S/C27H24N4O2/c1-17-15-21(9-14-25(17)29)27(33)31-24-12-7-19(8-13-24)18-5-10-23(11-6-18)30-26(32)20-3-2-4-22(28)16-20/h2-16H,28-29H2,1H3,(H,30,32)(H,31,33). The number of nitrogens with two attached hydrogens (primary N) is 2. The van der Waals surface area contributed by atoms with Crippen molar-refractivity contribution < 1.29 is 9.59 Å². The van der Waals surface area contributed by atoms with Crippen LogP contribution >= 0.6 is 0 Å². The lowest BCUT2D eigenvalue weighted by atomic mass is 10.0. The average molecular weight is 437 g/mol. The van der Waals surface area contributed by atoms with E-state index in [9.17, 15) is 9.59 Å². The molecule has 0 aliphatic carbocycles. The molecular weight excluding hydrogens is 412 g/mol. The van der Waals surface area contributed by atoms with Crippen LogP contribution in [-0.4, -0.2) is 11.8 Å². The first-order valence-corrected chi connectivity index (χ1v) is 10.4. The van der Waals surface area contributed by atoms with E-state index in [4.69, 9.17) is 11.5 Å². The van der Waals surface area contributed by atoms with Crippen molar-refractivity contribution in [2.24, 2.45) is 0 Å². The average Bonchev–Trinajstić information content (AvgIpc) is 2.82. The van der Waals surface area contributed by atoms with Gasteiger partial charge in [0.25, 0.3) is 11.8 Å². The molecule has 6 heteroatoms. The summed E-state index contributed by atoms with van der Waals surface area (Å²) in [5.41, 5.74) is 18.1. The molecule has 4 rings (SSSR count). The summed E-state index contributed by atoms with van der Waals surface area (Å²) >= 11 is 0. The molecule has 164 valence electrons. The molecule has 0 aromatic heterocycles. The molecule has 0 saturated carbocycles. The molecule has 0 bridgehead atoms. The zero-order valence-corrected chi connectivity index (χ0v) is 18.1. The number of anilines is 4. The molecule has 0 fully saturated rings. The number of nitrogens with one attached hydrogen (secondary N) is 2. The molecule has 6 nitrogen and oxygen atoms in total. The van der Waals surface area contributed by atoms with Crippen LogP contribution in [0.1, 0.15) is 26.3 Å². The Morgan fingerprint density at radius 2 is 1.15 bits per heavy atom.